The standard InChI is InChI=1S/C19H21FN2O3S/c1-14-3-2-12-22(13-14)26(24,25)18-10-8-17(9-11-18)21-19(23)15-4-6-16(20)7-5-15/h4-11,14H,2-3,12-13H2,1H3,(H,21,23). The Balaban J connectivity index is 1.71. The van der Waals surface area contributed by atoms with E-state index in [0.29, 0.717) is 30.3 Å². The lowest BCUT2D eigenvalue weighted by Gasteiger charge is -2.30. The van der Waals surface area contributed by atoms with Crippen LogP contribution in [0.2, 0.25) is 0 Å². The Morgan fingerprint density at radius 2 is 1.77 bits per heavy atom. The topological polar surface area (TPSA) is 66.5 Å². The van der Waals surface area contributed by atoms with Crippen LogP contribution in [-0.2, 0) is 10.0 Å². The van der Waals surface area contributed by atoms with E-state index in [2.05, 4.69) is 12.2 Å². The molecule has 0 spiro atoms. The van der Waals surface area contributed by atoms with E-state index in [1.807, 2.05) is 0 Å². The molecule has 1 aliphatic rings. The van der Waals surface area contributed by atoms with Gasteiger partial charge in [-0.05, 0) is 67.3 Å². The predicted molar refractivity (Wildman–Crippen MR) is 98.0 cm³/mol. The van der Waals surface area contributed by atoms with E-state index < -0.39 is 15.8 Å². The number of carbonyl (C=O) groups excluding carboxylic acids is 1. The van der Waals surface area contributed by atoms with Crippen LogP contribution >= 0.6 is 0 Å². The van der Waals surface area contributed by atoms with E-state index in [0.717, 1.165) is 12.8 Å². The largest absolute Gasteiger partial charge is 0.322 e. The number of sulfonamides is 1. The molecule has 0 aliphatic carbocycles. The van der Waals surface area contributed by atoms with Crippen molar-refractivity contribution in [3.05, 3.63) is 59.9 Å². The average Bonchev–Trinajstić information content (AvgIpc) is 2.62. The summed E-state index contributed by atoms with van der Waals surface area (Å²) in [4.78, 5) is 12.3. The minimum absolute atomic E-state index is 0.214. The van der Waals surface area contributed by atoms with Crippen LogP contribution in [-0.4, -0.2) is 31.7 Å². The monoisotopic (exact) mass is 376 g/mol. The van der Waals surface area contributed by atoms with Crippen LogP contribution in [0.25, 0.3) is 0 Å². The Hall–Kier alpha value is -2.25. The van der Waals surface area contributed by atoms with Gasteiger partial charge in [-0.25, -0.2) is 12.8 Å². The summed E-state index contributed by atoms with van der Waals surface area (Å²) in [6, 6.07) is 11.3. The molecule has 1 heterocycles. The lowest BCUT2D eigenvalue weighted by Crippen LogP contribution is -2.39. The van der Waals surface area contributed by atoms with Crippen molar-refractivity contribution in [3.63, 3.8) is 0 Å². The predicted octanol–water partition coefficient (Wildman–Crippen LogP) is 3.50. The maximum Gasteiger partial charge on any atom is 0.255 e. The first-order chi connectivity index (χ1) is 12.4. The highest BCUT2D eigenvalue weighted by atomic mass is 32.2. The van der Waals surface area contributed by atoms with Gasteiger partial charge in [0.25, 0.3) is 5.91 Å². The second kappa shape index (κ2) is 7.55. The number of hydrogen-bond donors (Lipinski definition) is 1. The molecule has 138 valence electrons. The molecule has 7 heteroatoms. The van der Waals surface area contributed by atoms with Crippen molar-refractivity contribution in [2.75, 3.05) is 18.4 Å². The smallest absolute Gasteiger partial charge is 0.255 e. The lowest BCUT2D eigenvalue weighted by atomic mass is 10.0. The number of anilines is 1. The van der Waals surface area contributed by atoms with Crippen LogP contribution in [0, 0.1) is 11.7 Å². The van der Waals surface area contributed by atoms with E-state index in [1.54, 1.807) is 12.1 Å². The minimum atomic E-state index is -3.52. The van der Waals surface area contributed by atoms with Gasteiger partial charge in [-0.2, -0.15) is 4.31 Å². The molecule has 1 atom stereocenters. The van der Waals surface area contributed by atoms with Crippen molar-refractivity contribution >= 4 is 21.6 Å². The number of piperidine rings is 1. The van der Waals surface area contributed by atoms with Crippen LogP contribution < -0.4 is 5.32 Å². The number of halogens is 1. The van der Waals surface area contributed by atoms with Crippen molar-refractivity contribution in [2.45, 2.75) is 24.7 Å². The van der Waals surface area contributed by atoms with Gasteiger partial charge in [0.2, 0.25) is 10.0 Å². The Labute approximate surface area is 152 Å². The van der Waals surface area contributed by atoms with Crippen molar-refractivity contribution in [3.8, 4) is 0 Å². The molecular formula is C19H21FN2O3S. The van der Waals surface area contributed by atoms with E-state index in [1.165, 1.54) is 40.7 Å². The van der Waals surface area contributed by atoms with Crippen LogP contribution in [0.3, 0.4) is 0 Å². The number of rotatable bonds is 4. The fourth-order valence-corrected chi connectivity index (χ4v) is 4.63. The van der Waals surface area contributed by atoms with Gasteiger partial charge in [0, 0.05) is 24.3 Å². The first kappa shape index (κ1) is 18.5. The molecule has 1 N–H and O–H groups in total. The fraction of sp³-hybridized carbons (Fsp3) is 0.316. The third-order valence-corrected chi connectivity index (χ3v) is 6.36. The molecule has 3 rings (SSSR count). The summed E-state index contributed by atoms with van der Waals surface area (Å²) in [5.74, 6) is -0.443. The Bertz CT molecular complexity index is 880. The van der Waals surface area contributed by atoms with Crippen LogP contribution in [0.1, 0.15) is 30.1 Å². The first-order valence-corrected chi connectivity index (χ1v) is 9.97. The second-order valence-electron chi connectivity index (χ2n) is 6.60. The molecule has 0 aromatic heterocycles. The number of nitrogens with one attached hydrogen (secondary N) is 1. The molecule has 1 fully saturated rings. The van der Waals surface area contributed by atoms with Crippen molar-refractivity contribution in [1.29, 1.82) is 0 Å². The van der Waals surface area contributed by atoms with Gasteiger partial charge in [0.05, 0.1) is 4.90 Å². The molecule has 0 bridgehead atoms. The Morgan fingerprint density at radius 3 is 2.38 bits per heavy atom. The van der Waals surface area contributed by atoms with Gasteiger partial charge in [-0.1, -0.05) is 6.92 Å². The maximum absolute atomic E-state index is 12.9. The molecule has 26 heavy (non-hydrogen) atoms. The quantitative estimate of drug-likeness (QED) is 0.888. The molecule has 1 saturated heterocycles. The lowest BCUT2D eigenvalue weighted by molar-refractivity contribution is 0.102. The maximum atomic E-state index is 12.9. The second-order valence-corrected chi connectivity index (χ2v) is 8.53. The summed E-state index contributed by atoms with van der Waals surface area (Å²) in [7, 11) is -3.52. The SMILES string of the molecule is CC1CCCN(S(=O)(=O)c2ccc(NC(=O)c3ccc(F)cc3)cc2)C1. The normalized spacial score (nSPS) is 18.5. The molecular weight excluding hydrogens is 355 g/mol. The van der Waals surface area contributed by atoms with Gasteiger partial charge in [-0.15, -0.1) is 0 Å². The van der Waals surface area contributed by atoms with Crippen LogP contribution in [0.5, 0.6) is 0 Å². The minimum Gasteiger partial charge on any atom is -0.322 e. The highest BCUT2D eigenvalue weighted by Gasteiger charge is 2.28. The molecule has 0 radical (unpaired) electrons. The molecule has 5 nitrogen and oxygen atoms in total. The van der Waals surface area contributed by atoms with Crippen molar-refractivity contribution in [1.82, 2.24) is 4.31 Å². The van der Waals surface area contributed by atoms with Gasteiger partial charge >= 0.3 is 0 Å². The Kier molecular flexibility index (Phi) is 5.38. The molecule has 0 saturated carbocycles. The average molecular weight is 376 g/mol. The van der Waals surface area contributed by atoms with Gasteiger partial charge in [-0.3, -0.25) is 4.79 Å². The number of nitrogens with zero attached hydrogens (tertiary/aromatic N) is 1. The van der Waals surface area contributed by atoms with Gasteiger partial charge < -0.3 is 5.32 Å². The summed E-state index contributed by atoms with van der Waals surface area (Å²) < 4.78 is 39.9. The number of hydrogen-bond acceptors (Lipinski definition) is 3. The highest BCUT2D eigenvalue weighted by molar-refractivity contribution is 7.89. The number of carbonyl (C=O) groups is 1. The molecule has 1 aliphatic heterocycles. The van der Waals surface area contributed by atoms with Gasteiger partial charge in [0.15, 0.2) is 0 Å². The molecule has 1 unspecified atom stereocenters. The van der Waals surface area contributed by atoms with E-state index in [9.17, 15) is 17.6 Å². The number of amides is 1. The molecule has 1 amide bonds. The van der Waals surface area contributed by atoms with E-state index in [-0.39, 0.29) is 10.8 Å². The molecule has 2 aromatic rings. The summed E-state index contributed by atoms with van der Waals surface area (Å²) in [6.07, 6.45) is 1.91. The third kappa shape index (κ3) is 4.11. The van der Waals surface area contributed by atoms with E-state index in [4.69, 9.17) is 0 Å². The summed E-state index contributed by atoms with van der Waals surface area (Å²) >= 11 is 0. The van der Waals surface area contributed by atoms with Crippen LogP contribution in [0.4, 0.5) is 10.1 Å². The molecule has 2 aromatic carbocycles. The van der Waals surface area contributed by atoms with Gasteiger partial charge in [0.1, 0.15) is 5.82 Å². The van der Waals surface area contributed by atoms with E-state index >= 15 is 0 Å². The highest BCUT2D eigenvalue weighted by Crippen LogP contribution is 2.24. The summed E-state index contributed by atoms with van der Waals surface area (Å²) in [5, 5.41) is 2.67. The van der Waals surface area contributed by atoms with Crippen LogP contribution in [0.15, 0.2) is 53.4 Å². The van der Waals surface area contributed by atoms with Crippen molar-refractivity contribution in [2.24, 2.45) is 5.92 Å². The fourth-order valence-electron chi connectivity index (χ4n) is 3.03. The third-order valence-electron chi connectivity index (χ3n) is 4.48. The van der Waals surface area contributed by atoms with Crippen molar-refractivity contribution < 1.29 is 17.6 Å². The zero-order valence-electron chi connectivity index (χ0n) is 14.5. The summed E-state index contributed by atoms with van der Waals surface area (Å²) in [6.45, 7) is 3.12. The number of benzene rings is 2. The summed E-state index contributed by atoms with van der Waals surface area (Å²) in [5.41, 5.74) is 0.802. The Morgan fingerprint density at radius 1 is 1.12 bits per heavy atom. The zero-order chi connectivity index (χ0) is 18.7. The zero-order valence-corrected chi connectivity index (χ0v) is 15.3. The first-order valence-electron chi connectivity index (χ1n) is 8.53.